The van der Waals surface area contributed by atoms with Crippen LogP contribution in [0.5, 0.6) is 0 Å². The van der Waals surface area contributed by atoms with Crippen LogP contribution in [0, 0.1) is 12.7 Å². The number of fused-ring (bicyclic) bond motifs is 2. The highest BCUT2D eigenvalue weighted by Gasteiger charge is 2.38. The van der Waals surface area contributed by atoms with Crippen molar-refractivity contribution < 1.29 is 18.7 Å². The number of carbonyl (C=O) groups is 1. The van der Waals surface area contributed by atoms with Gasteiger partial charge in [-0.1, -0.05) is 48.0 Å². The van der Waals surface area contributed by atoms with E-state index in [1.54, 1.807) is 6.07 Å². The van der Waals surface area contributed by atoms with Crippen molar-refractivity contribution in [3.05, 3.63) is 82.7 Å². The average molecular weight is 381 g/mol. The summed E-state index contributed by atoms with van der Waals surface area (Å²) >= 11 is 0. The highest BCUT2D eigenvalue weighted by Crippen LogP contribution is 2.30. The van der Waals surface area contributed by atoms with Crippen LogP contribution in [0.4, 0.5) is 9.18 Å². The number of halogens is 1. The second-order valence-electron chi connectivity index (χ2n) is 7.48. The summed E-state index contributed by atoms with van der Waals surface area (Å²) in [6.07, 6.45) is 3.33. The van der Waals surface area contributed by atoms with E-state index in [1.807, 2.05) is 48.2 Å². The van der Waals surface area contributed by atoms with Gasteiger partial charge in [-0.2, -0.15) is 0 Å². The normalized spacial score (nSPS) is 21.2. The van der Waals surface area contributed by atoms with Crippen molar-refractivity contribution in [3.63, 3.8) is 0 Å². The van der Waals surface area contributed by atoms with Crippen LogP contribution < -0.4 is 0 Å². The fourth-order valence-electron chi connectivity index (χ4n) is 4.00. The maximum Gasteiger partial charge on any atom is 0.411 e. The lowest BCUT2D eigenvalue weighted by Crippen LogP contribution is -2.56. The summed E-state index contributed by atoms with van der Waals surface area (Å²) in [6, 6.07) is 14.4. The first-order valence-electron chi connectivity index (χ1n) is 9.61. The van der Waals surface area contributed by atoms with E-state index in [2.05, 4.69) is 6.08 Å². The van der Waals surface area contributed by atoms with Gasteiger partial charge >= 0.3 is 6.09 Å². The lowest BCUT2D eigenvalue weighted by molar-refractivity contribution is -0.0374. The molecule has 2 bridgehead atoms. The van der Waals surface area contributed by atoms with Gasteiger partial charge in [0.2, 0.25) is 0 Å². The molecule has 4 nitrogen and oxygen atoms in total. The largest absolute Gasteiger partial charge is 0.445 e. The molecule has 1 fully saturated rings. The molecule has 2 aliphatic rings. The first-order valence-corrected chi connectivity index (χ1v) is 9.61. The second kappa shape index (κ2) is 8.15. The molecular weight excluding hydrogens is 357 g/mol. The van der Waals surface area contributed by atoms with E-state index < -0.39 is 0 Å². The number of rotatable bonds is 4. The fraction of sp³-hybridized carbons (Fsp3) is 0.348. The minimum atomic E-state index is -0.296. The van der Waals surface area contributed by atoms with Gasteiger partial charge < -0.3 is 9.47 Å². The van der Waals surface area contributed by atoms with Gasteiger partial charge in [0, 0.05) is 0 Å². The van der Waals surface area contributed by atoms with Crippen LogP contribution in [0.3, 0.4) is 0 Å². The summed E-state index contributed by atoms with van der Waals surface area (Å²) in [5.74, 6) is -0.212. The lowest BCUT2D eigenvalue weighted by atomic mass is 9.89. The standard InChI is InChI=1S/C23H24FNO3/c1-16-9-20(24)8-7-19(16)10-18-11-21-14-27-15-22(12-18)25(21)23(26)28-13-17-5-3-2-4-6-17/h2-9,11,21-22H,10,12-15H2,1H3. The molecule has 0 N–H and O–H groups in total. The van der Waals surface area contributed by atoms with Gasteiger partial charge in [-0.15, -0.1) is 0 Å². The average Bonchev–Trinajstić information content (AvgIpc) is 2.68. The molecule has 0 spiro atoms. The number of benzene rings is 2. The molecule has 5 heteroatoms. The summed E-state index contributed by atoms with van der Waals surface area (Å²) in [6.45, 7) is 3.18. The number of amides is 1. The molecule has 2 aromatic carbocycles. The molecule has 0 aromatic heterocycles. The van der Waals surface area contributed by atoms with Gasteiger partial charge in [0.1, 0.15) is 12.4 Å². The van der Waals surface area contributed by atoms with Crippen LogP contribution in [-0.4, -0.2) is 36.3 Å². The molecule has 1 saturated heterocycles. The molecule has 2 heterocycles. The molecule has 2 aromatic rings. The highest BCUT2D eigenvalue weighted by atomic mass is 19.1. The molecular formula is C23H24FNO3. The van der Waals surface area contributed by atoms with Crippen molar-refractivity contribution in [2.75, 3.05) is 13.2 Å². The van der Waals surface area contributed by atoms with Crippen LogP contribution in [0.1, 0.15) is 23.1 Å². The number of nitrogens with zero attached hydrogens (tertiary/aromatic N) is 1. The Labute approximate surface area is 164 Å². The molecule has 0 aliphatic carbocycles. The van der Waals surface area contributed by atoms with E-state index in [0.717, 1.165) is 29.5 Å². The third-order valence-corrected chi connectivity index (χ3v) is 5.41. The first-order chi connectivity index (χ1) is 13.6. The molecule has 28 heavy (non-hydrogen) atoms. The number of morpholine rings is 1. The van der Waals surface area contributed by atoms with Gasteiger partial charge in [-0.25, -0.2) is 9.18 Å². The molecule has 2 unspecified atom stereocenters. The van der Waals surface area contributed by atoms with Crippen LogP contribution in [-0.2, 0) is 22.5 Å². The second-order valence-corrected chi connectivity index (χ2v) is 7.48. The highest BCUT2D eigenvalue weighted by molar-refractivity contribution is 5.69. The van der Waals surface area contributed by atoms with E-state index in [0.29, 0.717) is 13.2 Å². The number of hydrogen-bond donors (Lipinski definition) is 0. The Bertz CT molecular complexity index is 881. The Balaban J connectivity index is 1.45. The summed E-state index contributed by atoms with van der Waals surface area (Å²) in [4.78, 5) is 14.5. The topological polar surface area (TPSA) is 38.8 Å². The van der Waals surface area contributed by atoms with E-state index >= 15 is 0 Å². The minimum absolute atomic E-state index is 0.0252. The Morgan fingerprint density at radius 2 is 2.04 bits per heavy atom. The maximum atomic E-state index is 13.4. The Hall–Kier alpha value is -2.66. The molecule has 4 rings (SSSR count). The Kier molecular flexibility index (Phi) is 5.44. The summed E-state index contributed by atoms with van der Waals surface area (Å²) < 4.78 is 24.6. The molecule has 0 radical (unpaired) electrons. The van der Waals surface area contributed by atoms with Crippen LogP contribution in [0.15, 0.2) is 60.2 Å². The Morgan fingerprint density at radius 3 is 2.79 bits per heavy atom. The third kappa shape index (κ3) is 4.09. The zero-order chi connectivity index (χ0) is 19.5. The quantitative estimate of drug-likeness (QED) is 0.737. The smallest absolute Gasteiger partial charge is 0.411 e. The van der Waals surface area contributed by atoms with E-state index in [-0.39, 0.29) is 30.6 Å². The molecule has 0 saturated carbocycles. The molecule has 2 atom stereocenters. The van der Waals surface area contributed by atoms with Gasteiger partial charge in [-0.3, -0.25) is 4.90 Å². The first kappa shape index (κ1) is 18.7. The minimum Gasteiger partial charge on any atom is -0.445 e. The maximum absolute atomic E-state index is 13.4. The monoisotopic (exact) mass is 381 g/mol. The van der Waals surface area contributed by atoms with Crippen LogP contribution in [0.25, 0.3) is 0 Å². The van der Waals surface area contributed by atoms with Crippen molar-refractivity contribution in [1.29, 1.82) is 0 Å². The van der Waals surface area contributed by atoms with Gasteiger partial charge in [0.05, 0.1) is 25.3 Å². The summed E-state index contributed by atoms with van der Waals surface area (Å²) in [5.41, 5.74) is 4.30. The van der Waals surface area contributed by atoms with Crippen molar-refractivity contribution in [2.24, 2.45) is 0 Å². The summed E-state index contributed by atoms with van der Waals surface area (Å²) in [7, 11) is 0. The number of ether oxygens (including phenoxy) is 2. The van der Waals surface area contributed by atoms with Crippen molar-refractivity contribution in [1.82, 2.24) is 4.90 Å². The van der Waals surface area contributed by atoms with Crippen molar-refractivity contribution in [2.45, 2.75) is 38.5 Å². The van der Waals surface area contributed by atoms with Crippen molar-refractivity contribution >= 4 is 6.09 Å². The van der Waals surface area contributed by atoms with E-state index in [1.165, 1.54) is 11.6 Å². The lowest BCUT2D eigenvalue weighted by Gasteiger charge is -2.43. The van der Waals surface area contributed by atoms with Crippen molar-refractivity contribution in [3.8, 4) is 0 Å². The molecule has 146 valence electrons. The molecule has 2 aliphatic heterocycles. The number of hydrogen-bond acceptors (Lipinski definition) is 3. The zero-order valence-corrected chi connectivity index (χ0v) is 15.9. The summed E-state index contributed by atoms with van der Waals surface area (Å²) in [5, 5.41) is 0. The fourth-order valence-corrected chi connectivity index (χ4v) is 4.00. The predicted octanol–water partition coefficient (Wildman–Crippen LogP) is 4.41. The number of carbonyl (C=O) groups excluding carboxylic acids is 1. The van der Waals surface area contributed by atoms with Gasteiger partial charge in [0.25, 0.3) is 0 Å². The molecule has 1 amide bonds. The number of aryl methyl sites for hydroxylation is 1. The van der Waals surface area contributed by atoms with Crippen LogP contribution >= 0.6 is 0 Å². The van der Waals surface area contributed by atoms with E-state index in [9.17, 15) is 9.18 Å². The van der Waals surface area contributed by atoms with E-state index in [4.69, 9.17) is 9.47 Å². The van der Waals surface area contributed by atoms with Gasteiger partial charge in [0.15, 0.2) is 0 Å². The Morgan fingerprint density at radius 1 is 1.21 bits per heavy atom. The van der Waals surface area contributed by atoms with Crippen LogP contribution in [0.2, 0.25) is 0 Å². The van der Waals surface area contributed by atoms with Gasteiger partial charge in [-0.05, 0) is 48.6 Å². The SMILES string of the molecule is Cc1cc(F)ccc1CC1=CC2COCC(C1)N2C(=O)OCc1ccccc1. The predicted molar refractivity (Wildman–Crippen MR) is 104 cm³/mol. The third-order valence-electron chi connectivity index (χ3n) is 5.41. The zero-order valence-electron chi connectivity index (χ0n) is 15.9.